The second kappa shape index (κ2) is 8.63. The Kier molecular flexibility index (Phi) is 6.02. The normalized spacial score (nSPS) is 14.1. The predicted octanol–water partition coefficient (Wildman–Crippen LogP) is 2.78. The minimum absolute atomic E-state index is 0.111. The quantitative estimate of drug-likeness (QED) is 0.832. The van der Waals surface area contributed by atoms with Crippen molar-refractivity contribution in [2.45, 2.75) is 6.61 Å². The maximum Gasteiger partial charge on any atom is 0.387 e. The average molecular weight is 379 g/mol. The number of pyridine rings is 1. The van der Waals surface area contributed by atoms with Gasteiger partial charge in [-0.25, -0.2) is 4.98 Å². The average Bonchev–Trinajstić information content (AvgIpc) is 2.68. The molecule has 1 saturated heterocycles. The summed E-state index contributed by atoms with van der Waals surface area (Å²) < 4.78 is 39.7. The molecule has 0 spiro atoms. The number of aromatic nitrogens is 1. The number of benzene rings is 1. The van der Waals surface area contributed by atoms with Crippen LogP contribution in [-0.4, -0.2) is 50.9 Å². The van der Waals surface area contributed by atoms with Crippen molar-refractivity contribution in [1.82, 2.24) is 4.98 Å². The highest BCUT2D eigenvalue weighted by Gasteiger charge is 2.16. The second-order valence-electron chi connectivity index (χ2n) is 5.70. The van der Waals surface area contributed by atoms with Gasteiger partial charge in [0.15, 0.2) is 11.5 Å². The number of morpholine rings is 1. The van der Waals surface area contributed by atoms with E-state index in [4.69, 9.17) is 9.47 Å². The van der Waals surface area contributed by atoms with E-state index < -0.39 is 12.5 Å². The number of nitrogens with one attached hydrogen (secondary N) is 1. The molecule has 3 rings (SSSR count). The van der Waals surface area contributed by atoms with E-state index in [1.54, 1.807) is 12.3 Å². The van der Waals surface area contributed by atoms with E-state index in [1.807, 2.05) is 6.07 Å². The molecule has 1 aromatic heterocycles. The number of amides is 1. The third-order valence-electron chi connectivity index (χ3n) is 4.01. The zero-order valence-corrected chi connectivity index (χ0v) is 14.7. The lowest BCUT2D eigenvalue weighted by Gasteiger charge is -2.28. The van der Waals surface area contributed by atoms with Gasteiger partial charge in [0, 0.05) is 18.7 Å². The summed E-state index contributed by atoms with van der Waals surface area (Å²) in [6.45, 7) is -0.123. The van der Waals surface area contributed by atoms with E-state index in [0.717, 1.165) is 18.8 Å². The first-order valence-electron chi connectivity index (χ1n) is 8.30. The molecule has 1 aliphatic heterocycles. The van der Waals surface area contributed by atoms with Crippen molar-refractivity contribution in [2.24, 2.45) is 0 Å². The van der Waals surface area contributed by atoms with E-state index in [1.165, 1.54) is 25.3 Å². The lowest BCUT2D eigenvalue weighted by molar-refractivity contribution is -0.0512. The molecular weight excluding hydrogens is 360 g/mol. The van der Waals surface area contributed by atoms with Crippen molar-refractivity contribution in [3.63, 3.8) is 0 Å². The SMILES string of the molecule is COc1ccc(C(=O)Nc2ccc(N3CCOCC3)cn2)cc1OC(F)F. The molecule has 2 aromatic rings. The summed E-state index contributed by atoms with van der Waals surface area (Å²) in [5.74, 6) is -0.247. The molecule has 1 aliphatic rings. The largest absolute Gasteiger partial charge is 0.493 e. The number of hydrogen-bond donors (Lipinski definition) is 1. The molecule has 1 aromatic carbocycles. The van der Waals surface area contributed by atoms with Crippen LogP contribution < -0.4 is 19.7 Å². The molecule has 144 valence electrons. The number of carbonyl (C=O) groups is 1. The predicted molar refractivity (Wildman–Crippen MR) is 94.8 cm³/mol. The van der Waals surface area contributed by atoms with Gasteiger partial charge in [-0.1, -0.05) is 0 Å². The molecule has 7 nitrogen and oxygen atoms in total. The molecule has 0 atom stereocenters. The molecular formula is C18H19F2N3O4. The summed E-state index contributed by atoms with van der Waals surface area (Å²) in [5, 5.41) is 2.63. The van der Waals surface area contributed by atoms with E-state index in [9.17, 15) is 13.6 Å². The van der Waals surface area contributed by atoms with Gasteiger partial charge in [-0.15, -0.1) is 0 Å². The van der Waals surface area contributed by atoms with Crippen molar-refractivity contribution in [1.29, 1.82) is 0 Å². The first kappa shape index (κ1) is 18.8. The molecule has 2 heterocycles. The van der Waals surface area contributed by atoms with Gasteiger partial charge in [-0.3, -0.25) is 4.79 Å². The van der Waals surface area contributed by atoms with Gasteiger partial charge in [-0.05, 0) is 30.3 Å². The van der Waals surface area contributed by atoms with Gasteiger partial charge >= 0.3 is 6.61 Å². The molecule has 0 saturated carbocycles. The van der Waals surface area contributed by atoms with E-state index in [-0.39, 0.29) is 17.1 Å². The van der Waals surface area contributed by atoms with E-state index in [0.29, 0.717) is 19.0 Å². The van der Waals surface area contributed by atoms with Crippen LogP contribution in [-0.2, 0) is 4.74 Å². The number of rotatable bonds is 6. The van der Waals surface area contributed by atoms with Crippen LogP contribution in [0.25, 0.3) is 0 Å². The van der Waals surface area contributed by atoms with Crippen molar-refractivity contribution in [3.05, 3.63) is 42.1 Å². The molecule has 27 heavy (non-hydrogen) atoms. The molecule has 1 amide bonds. The summed E-state index contributed by atoms with van der Waals surface area (Å²) in [7, 11) is 1.33. The molecule has 1 fully saturated rings. The van der Waals surface area contributed by atoms with Crippen LogP contribution in [0, 0.1) is 0 Å². The topological polar surface area (TPSA) is 72.9 Å². The monoisotopic (exact) mass is 379 g/mol. The third-order valence-corrected chi connectivity index (χ3v) is 4.01. The fourth-order valence-electron chi connectivity index (χ4n) is 2.66. The molecule has 0 radical (unpaired) electrons. The summed E-state index contributed by atoms with van der Waals surface area (Å²) in [5.41, 5.74) is 1.08. The molecule has 0 unspecified atom stereocenters. The Bertz CT molecular complexity index is 781. The summed E-state index contributed by atoms with van der Waals surface area (Å²) in [6, 6.07) is 7.58. The van der Waals surface area contributed by atoms with Crippen LogP contribution in [0.2, 0.25) is 0 Å². The minimum atomic E-state index is -3.02. The zero-order valence-electron chi connectivity index (χ0n) is 14.7. The Balaban J connectivity index is 1.69. The number of halogens is 2. The molecule has 1 N–H and O–H groups in total. The fourth-order valence-corrected chi connectivity index (χ4v) is 2.66. The Morgan fingerprint density at radius 1 is 1.22 bits per heavy atom. The van der Waals surface area contributed by atoms with E-state index in [2.05, 4.69) is 19.9 Å². The Labute approximate surface area is 154 Å². The number of ether oxygens (including phenoxy) is 3. The van der Waals surface area contributed by atoms with Gasteiger partial charge < -0.3 is 24.4 Å². The zero-order chi connectivity index (χ0) is 19.2. The number of carbonyl (C=O) groups excluding carboxylic acids is 1. The summed E-state index contributed by atoms with van der Waals surface area (Å²) in [4.78, 5) is 18.7. The van der Waals surface area contributed by atoms with Gasteiger partial charge in [0.1, 0.15) is 5.82 Å². The highest BCUT2D eigenvalue weighted by molar-refractivity contribution is 6.04. The smallest absolute Gasteiger partial charge is 0.387 e. The van der Waals surface area contributed by atoms with Crippen molar-refractivity contribution in [3.8, 4) is 11.5 Å². The second-order valence-corrected chi connectivity index (χ2v) is 5.70. The van der Waals surface area contributed by atoms with E-state index >= 15 is 0 Å². The lowest BCUT2D eigenvalue weighted by Crippen LogP contribution is -2.36. The van der Waals surface area contributed by atoms with Gasteiger partial charge in [0.25, 0.3) is 5.91 Å². The third kappa shape index (κ3) is 4.82. The maximum atomic E-state index is 12.5. The van der Waals surface area contributed by atoms with Crippen LogP contribution in [0.1, 0.15) is 10.4 Å². The minimum Gasteiger partial charge on any atom is -0.493 e. The van der Waals surface area contributed by atoms with Crippen LogP contribution >= 0.6 is 0 Å². The van der Waals surface area contributed by atoms with Crippen molar-refractivity contribution >= 4 is 17.4 Å². The highest BCUT2D eigenvalue weighted by atomic mass is 19.3. The molecule has 9 heteroatoms. The van der Waals surface area contributed by atoms with Gasteiger partial charge in [0.2, 0.25) is 0 Å². The summed E-state index contributed by atoms with van der Waals surface area (Å²) in [6.07, 6.45) is 1.67. The first-order valence-corrected chi connectivity index (χ1v) is 8.30. The highest BCUT2D eigenvalue weighted by Crippen LogP contribution is 2.29. The Morgan fingerprint density at radius 3 is 2.63 bits per heavy atom. The summed E-state index contributed by atoms with van der Waals surface area (Å²) >= 11 is 0. The van der Waals surface area contributed by atoms with Crippen LogP contribution in [0.15, 0.2) is 36.5 Å². The van der Waals surface area contributed by atoms with Crippen molar-refractivity contribution in [2.75, 3.05) is 43.6 Å². The number of hydrogen-bond acceptors (Lipinski definition) is 6. The number of methoxy groups -OCH3 is 1. The molecule has 0 aliphatic carbocycles. The van der Waals surface area contributed by atoms with Crippen LogP contribution in [0.5, 0.6) is 11.5 Å². The number of alkyl halides is 2. The Hall–Kier alpha value is -2.94. The van der Waals surface area contributed by atoms with Crippen LogP contribution in [0.3, 0.4) is 0 Å². The maximum absolute atomic E-state index is 12.5. The standard InChI is InChI=1S/C18H19F2N3O4/c1-25-14-4-2-12(10-15(14)27-18(19)20)17(24)22-16-5-3-13(11-21-16)23-6-8-26-9-7-23/h2-5,10-11,18H,6-9H2,1H3,(H,21,22,24). The Morgan fingerprint density at radius 2 is 2.00 bits per heavy atom. The van der Waals surface area contributed by atoms with Gasteiger partial charge in [-0.2, -0.15) is 8.78 Å². The first-order chi connectivity index (χ1) is 13.1. The van der Waals surface area contributed by atoms with Crippen LogP contribution in [0.4, 0.5) is 20.3 Å². The molecule has 0 bridgehead atoms. The fraction of sp³-hybridized carbons (Fsp3) is 0.333. The van der Waals surface area contributed by atoms with Gasteiger partial charge in [0.05, 0.1) is 32.2 Å². The number of nitrogens with zero attached hydrogens (tertiary/aromatic N) is 2. The number of anilines is 2. The lowest BCUT2D eigenvalue weighted by atomic mass is 10.2. The van der Waals surface area contributed by atoms with Crippen molar-refractivity contribution < 1.29 is 27.8 Å².